The van der Waals surface area contributed by atoms with Crippen molar-refractivity contribution in [1.29, 1.82) is 0 Å². The summed E-state index contributed by atoms with van der Waals surface area (Å²) < 4.78 is 16.9. The van der Waals surface area contributed by atoms with E-state index in [4.69, 9.17) is 29.2 Å². The first-order valence-corrected chi connectivity index (χ1v) is 24.5. The summed E-state index contributed by atoms with van der Waals surface area (Å²) in [7, 11) is 0. The van der Waals surface area contributed by atoms with E-state index in [1.165, 1.54) is 48.9 Å². The van der Waals surface area contributed by atoms with Gasteiger partial charge >= 0.3 is 0 Å². The van der Waals surface area contributed by atoms with Crippen molar-refractivity contribution in [1.82, 2.24) is 29.9 Å². The van der Waals surface area contributed by atoms with Crippen LogP contribution in [-0.2, 0) is 0 Å². The molecule has 0 aliphatic rings. The second kappa shape index (κ2) is 25.6. The Labute approximate surface area is 417 Å². The average Bonchev–Trinajstić information content (AvgIpc) is 3.34. The lowest BCUT2D eigenvalue weighted by Crippen LogP contribution is -2.15. The van der Waals surface area contributed by atoms with E-state index in [2.05, 4.69) is 86.0 Å². The number of aromatic nitrogens is 6. The van der Waals surface area contributed by atoms with Crippen LogP contribution in [0, 0.1) is 34.6 Å². The van der Waals surface area contributed by atoms with Crippen molar-refractivity contribution < 1.29 is 39.7 Å². The van der Waals surface area contributed by atoms with E-state index in [0.29, 0.717) is 76.7 Å². The van der Waals surface area contributed by atoms with Crippen molar-refractivity contribution in [3.05, 3.63) is 119 Å². The third-order valence-corrected chi connectivity index (χ3v) is 11.9. The topological polar surface area (TPSA) is 206 Å². The van der Waals surface area contributed by atoms with Gasteiger partial charge in [-0.1, -0.05) is 100 Å². The van der Waals surface area contributed by atoms with Gasteiger partial charge in [-0.3, -0.25) is 0 Å². The molecule has 0 aliphatic carbocycles. The highest BCUT2D eigenvalue weighted by molar-refractivity contribution is 5.73. The molecule has 5 aromatic carbocycles. The standard InChI is InChI=1S/C33H39N3O2.C24H29N3O6/c1-6-7-8-9-10-11-18-38-26-14-17-29(30(37)21-26)33-35-31(27-15-12-22(2)19-24(27)4)34-32(36-33)28-16-13-23(3)20-25(28)5;1-4-15(28)12-32-17-6-8-19(21(30)10-17)23-25-14(3)26-24(27-23)20-9-7-18(11-22(20)31)33-13-16(29)5-2/h12-17,19-21,37H,6-11,18H2,1-5H3;6-11,15-16,28-31H,4-5,12-13H2,1-3H3. The van der Waals surface area contributed by atoms with Gasteiger partial charge in [0.15, 0.2) is 29.1 Å². The highest BCUT2D eigenvalue weighted by Gasteiger charge is 2.19. The molecular weight excluding hydrogens is 897 g/mol. The number of phenols is 3. The molecule has 2 atom stereocenters. The van der Waals surface area contributed by atoms with E-state index in [-0.39, 0.29) is 42.1 Å². The number of ether oxygens (including phenoxy) is 3. The summed E-state index contributed by atoms with van der Waals surface area (Å²) in [5, 5.41) is 51.3. The summed E-state index contributed by atoms with van der Waals surface area (Å²) >= 11 is 0. The summed E-state index contributed by atoms with van der Waals surface area (Å²) in [6.45, 7) is 16.8. The van der Waals surface area contributed by atoms with E-state index in [1.54, 1.807) is 37.3 Å². The molecule has 71 heavy (non-hydrogen) atoms. The van der Waals surface area contributed by atoms with Gasteiger partial charge in [-0.2, -0.15) is 0 Å². The summed E-state index contributed by atoms with van der Waals surface area (Å²) in [5.74, 6) is 3.89. The van der Waals surface area contributed by atoms with Crippen molar-refractivity contribution in [2.24, 2.45) is 0 Å². The van der Waals surface area contributed by atoms with Crippen molar-refractivity contribution >= 4 is 0 Å². The fourth-order valence-corrected chi connectivity index (χ4v) is 7.65. The number of rotatable bonds is 21. The molecule has 5 N–H and O–H groups in total. The maximum absolute atomic E-state index is 11.0. The monoisotopic (exact) mass is 965 g/mol. The first-order valence-electron chi connectivity index (χ1n) is 24.5. The summed E-state index contributed by atoms with van der Waals surface area (Å²) in [4.78, 5) is 27.6. The number of benzene rings is 5. The minimum absolute atomic E-state index is 0.0857. The van der Waals surface area contributed by atoms with Crippen molar-refractivity contribution in [3.8, 4) is 91.4 Å². The molecule has 2 unspecified atom stereocenters. The Morgan fingerprint density at radius 2 is 0.761 bits per heavy atom. The van der Waals surface area contributed by atoms with Gasteiger partial charge in [0.1, 0.15) is 53.5 Å². The number of aromatic hydroxyl groups is 3. The first kappa shape index (κ1) is 53.2. The van der Waals surface area contributed by atoms with Crippen molar-refractivity contribution in [3.63, 3.8) is 0 Å². The summed E-state index contributed by atoms with van der Waals surface area (Å²) in [6, 6.07) is 27.3. The van der Waals surface area contributed by atoms with Gasteiger partial charge in [0.25, 0.3) is 0 Å². The van der Waals surface area contributed by atoms with Crippen LogP contribution in [0.4, 0.5) is 0 Å². The zero-order valence-corrected chi connectivity index (χ0v) is 42.2. The fourth-order valence-electron chi connectivity index (χ4n) is 7.65. The normalized spacial score (nSPS) is 11.9. The van der Waals surface area contributed by atoms with E-state index < -0.39 is 12.2 Å². The zero-order valence-electron chi connectivity index (χ0n) is 42.2. The van der Waals surface area contributed by atoms with Gasteiger partial charge in [0.05, 0.1) is 35.5 Å². The van der Waals surface area contributed by atoms with Crippen LogP contribution < -0.4 is 14.2 Å². The molecule has 7 aromatic rings. The van der Waals surface area contributed by atoms with E-state index in [1.807, 2.05) is 26.0 Å². The van der Waals surface area contributed by atoms with Crippen LogP contribution in [-0.4, -0.2) is 87.5 Å². The number of aryl methyl sites for hydroxylation is 5. The van der Waals surface area contributed by atoms with Crippen LogP contribution in [0.3, 0.4) is 0 Å². The zero-order chi connectivity index (χ0) is 51.0. The van der Waals surface area contributed by atoms with Gasteiger partial charge in [0, 0.05) is 29.3 Å². The van der Waals surface area contributed by atoms with Crippen molar-refractivity contribution in [2.75, 3.05) is 19.8 Å². The molecule has 2 heterocycles. The second-order valence-electron chi connectivity index (χ2n) is 17.9. The van der Waals surface area contributed by atoms with Crippen LogP contribution >= 0.6 is 0 Å². The molecule has 0 saturated heterocycles. The number of hydrogen-bond acceptors (Lipinski definition) is 14. The molecule has 374 valence electrons. The maximum Gasteiger partial charge on any atom is 0.167 e. The summed E-state index contributed by atoms with van der Waals surface area (Å²) in [6.07, 6.45) is 7.22. The molecule has 14 nitrogen and oxygen atoms in total. The number of aliphatic hydroxyl groups excluding tert-OH is 2. The summed E-state index contributed by atoms with van der Waals surface area (Å²) in [5.41, 5.74) is 7.75. The SMILES string of the molecule is CCC(O)COc1ccc(-c2nc(C)nc(-c3ccc(OCC(O)CC)cc3O)n2)c(O)c1.CCCCCCCCOc1ccc(-c2nc(-c3ccc(C)cc3C)nc(-c3ccc(C)cc3C)n2)c(O)c1. The predicted molar refractivity (Wildman–Crippen MR) is 278 cm³/mol. The Hall–Kier alpha value is -7.16. The number of hydrogen-bond donors (Lipinski definition) is 5. The maximum atomic E-state index is 11.0. The van der Waals surface area contributed by atoms with Gasteiger partial charge in [-0.15, -0.1) is 0 Å². The van der Waals surface area contributed by atoms with Crippen LogP contribution in [0.25, 0.3) is 56.9 Å². The fraction of sp³-hybridized carbons (Fsp3) is 0.368. The van der Waals surface area contributed by atoms with Crippen LogP contribution in [0.1, 0.15) is 100 Å². The number of unbranched alkanes of at least 4 members (excludes halogenated alkanes) is 5. The first-order chi connectivity index (χ1) is 34.1. The number of nitrogens with zero attached hydrogens (tertiary/aromatic N) is 6. The van der Waals surface area contributed by atoms with E-state index >= 15 is 0 Å². The highest BCUT2D eigenvalue weighted by Crippen LogP contribution is 2.36. The Kier molecular flexibility index (Phi) is 19.2. The lowest BCUT2D eigenvalue weighted by molar-refractivity contribution is 0.104. The molecule has 7 rings (SSSR count). The quantitative estimate of drug-likeness (QED) is 0.0425. The average molecular weight is 965 g/mol. The molecule has 0 amide bonds. The Morgan fingerprint density at radius 1 is 0.408 bits per heavy atom. The Bertz CT molecular complexity index is 2720. The van der Waals surface area contributed by atoms with Crippen LogP contribution in [0.2, 0.25) is 0 Å². The molecular formula is C57H68N6O8. The predicted octanol–water partition coefficient (Wildman–Crippen LogP) is 11.8. The van der Waals surface area contributed by atoms with Gasteiger partial charge < -0.3 is 39.7 Å². The number of aliphatic hydroxyl groups is 2. The molecule has 0 bridgehead atoms. The third-order valence-electron chi connectivity index (χ3n) is 11.9. The van der Waals surface area contributed by atoms with Gasteiger partial charge in [-0.25, -0.2) is 29.9 Å². The third kappa shape index (κ3) is 14.9. The van der Waals surface area contributed by atoms with Gasteiger partial charge in [-0.05, 0) is 101 Å². The lowest BCUT2D eigenvalue weighted by atomic mass is 10.0. The molecule has 0 aliphatic heterocycles. The van der Waals surface area contributed by atoms with E-state index in [0.717, 1.165) is 35.1 Å². The molecule has 0 spiro atoms. The Morgan fingerprint density at radius 3 is 1.14 bits per heavy atom. The molecule has 14 heteroatoms. The Balaban J connectivity index is 0.000000235. The van der Waals surface area contributed by atoms with Crippen LogP contribution in [0.15, 0.2) is 91.0 Å². The largest absolute Gasteiger partial charge is 0.507 e. The number of phenolic OH excluding ortho intramolecular Hbond substituents is 3. The second-order valence-corrected chi connectivity index (χ2v) is 17.9. The molecule has 2 aromatic heterocycles. The highest BCUT2D eigenvalue weighted by atomic mass is 16.5. The lowest BCUT2D eigenvalue weighted by Gasteiger charge is -2.13. The minimum atomic E-state index is -0.582. The minimum Gasteiger partial charge on any atom is -0.507 e. The van der Waals surface area contributed by atoms with Crippen molar-refractivity contribution in [2.45, 2.75) is 119 Å². The smallest absolute Gasteiger partial charge is 0.167 e. The van der Waals surface area contributed by atoms with Crippen LogP contribution in [0.5, 0.6) is 34.5 Å². The molecule has 0 saturated carbocycles. The van der Waals surface area contributed by atoms with Gasteiger partial charge in [0.2, 0.25) is 0 Å². The molecule has 0 fully saturated rings. The molecule has 0 radical (unpaired) electrons. The van der Waals surface area contributed by atoms with E-state index in [9.17, 15) is 25.5 Å².